The summed E-state index contributed by atoms with van der Waals surface area (Å²) in [6.07, 6.45) is 0.346. The monoisotopic (exact) mass is 293 g/mol. The maximum Gasteiger partial charge on any atom is 0.306 e. The third kappa shape index (κ3) is 5.19. The van der Waals surface area contributed by atoms with Gasteiger partial charge in [-0.05, 0) is 31.7 Å². The third-order valence-electron chi connectivity index (χ3n) is 3.39. The van der Waals surface area contributed by atoms with Gasteiger partial charge >= 0.3 is 5.97 Å². The van der Waals surface area contributed by atoms with Crippen molar-refractivity contribution in [2.75, 3.05) is 27.3 Å². The SMILES string of the molecule is CCN(CCC(=O)OC)Cc1cc(C(C)=O)ccc1OC. The van der Waals surface area contributed by atoms with Crippen LogP contribution in [0.25, 0.3) is 0 Å². The van der Waals surface area contributed by atoms with Crippen LogP contribution in [0.3, 0.4) is 0 Å². The van der Waals surface area contributed by atoms with Crippen LogP contribution >= 0.6 is 0 Å². The lowest BCUT2D eigenvalue weighted by molar-refractivity contribution is -0.141. The summed E-state index contributed by atoms with van der Waals surface area (Å²) in [5.41, 5.74) is 1.60. The first kappa shape index (κ1) is 17.2. The topological polar surface area (TPSA) is 55.8 Å². The summed E-state index contributed by atoms with van der Waals surface area (Å²) in [6.45, 7) is 5.60. The summed E-state index contributed by atoms with van der Waals surface area (Å²) in [7, 11) is 3.00. The van der Waals surface area contributed by atoms with Crippen molar-refractivity contribution in [2.24, 2.45) is 0 Å². The highest BCUT2D eigenvalue weighted by Gasteiger charge is 2.12. The Morgan fingerprint density at radius 2 is 1.95 bits per heavy atom. The lowest BCUT2D eigenvalue weighted by Gasteiger charge is -2.21. The number of methoxy groups -OCH3 is 2. The van der Waals surface area contributed by atoms with E-state index in [2.05, 4.69) is 9.64 Å². The smallest absolute Gasteiger partial charge is 0.306 e. The molecule has 1 rings (SSSR count). The largest absolute Gasteiger partial charge is 0.496 e. The average Bonchev–Trinajstić information content (AvgIpc) is 2.50. The summed E-state index contributed by atoms with van der Waals surface area (Å²) in [5.74, 6) is 0.547. The first-order chi connectivity index (χ1) is 10.0. The molecule has 1 aromatic carbocycles. The molecule has 0 fully saturated rings. The van der Waals surface area contributed by atoms with Gasteiger partial charge in [-0.1, -0.05) is 6.92 Å². The molecule has 0 saturated carbocycles. The quantitative estimate of drug-likeness (QED) is 0.543. The predicted molar refractivity (Wildman–Crippen MR) is 80.6 cm³/mol. The molecule has 0 bridgehead atoms. The van der Waals surface area contributed by atoms with Crippen molar-refractivity contribution in [3.8, 4) is 5.75 Å². The van der Waals surface area contributed by atoms with E-state index in [0.29, 0.717) is 25.1 Å². The van der Waals surface area contributed by atoms with E-state index < -0.39 is 0 Å². The van der Waals surface area contributed by atoms with Crippen LogP contribution in [0.5, 0.6) is 5.75 Å². The molecule has 0 heterocycles. The Balaban J connectivity index is 2.84. The normalized spacial score (nSPS) is 10.5. The van der Waals surface area contributed by atoms with E-state index in [0.717, 1.165) is 17.9 Å². The van der Waals surface area contributed by atoms with E-state index in [4.69, 9.17) is 4.74 Å². The van der Waals surface area contributed by atoms with Crippen LogP contribution < -0.4 is 4.74 Å². The van der Waals surface area contributed by atoms with Crippen molar-refractivity contribution in [3.05, 3.63) is 29.3 Å². The van der Waals surface area contributed by atoms with Gasteiger partial charge in [0.15, 0.2) is 5.78 Å². The van der Waals surface area contributed by atoms with Crippen molar-refractivity contribution in [1.82, 2.24) is 4.90 Å². The number of hydrogen-bond acceptors (Lipinski definition) is 5. The molecule has 116 valence electrons. The summed E-state index contributed by atoms with van der Waals surface area (Å²) in [4.78, 5) is 24.8. The maximum atomic E-state index is 11.5. The lowest BCUT2D eigenvalue weighted by atomic mass is 10.1. The van der Waals surface area contributed by atoms with E-state index in [1.165, 1.54) is 7.11 Å². The zero-order valence-electron chi connectivity index (χ0n) is 13.1. The molecule has 0 aliphatic heterocycles. The lowest BCUT2D eigenvalue weighted by Crippen LogP contribution is -2.26. The van der Waals surface area contributed by atoms with E-state index in [1.807, 2.05) is 13.0 Å². The van der Waals surface area contributed by atoms with Gasteiger partial charge < -0.3 is 9.47 Å². The molecule has 0 unspecified atom stereocenters. The van der Waals surface area contributed by atoms with Crippen LogP contribution in [-0.4, -0.2) is 44.0 Å². The van der Waals surface area contributed by atoms with Crippen molar-refractivity contribution in [2.45, 2.75) is 26.8 Å². The zero-order valence-corrected chi connectivity index (χ0v) is 13.1. The van der Waals surface area contributed by atoms with Crippen LogP contribution in [0.1, 0.15) is 36.2 Å². The standard InChI is InChI=1S/C16H23NO4/c1-5-17(9-8-16(19)21-4)11-14-10-13(12(2)18)6-7-15(14)20-3/h6-7,10H,5,8-9,11H2,1-4H3. The fourth-order valence-electron chi connectivity index (χ4n) is 2.06. The van der Waals surface area contributed by atoms with Gasteiger partial charge in [-0.15, -0.1) is 0 Å². The fraction of sp³-hybridized carbons (Fsp3) is 0.500. The van der Waals surface area contributed by atoms with E-state index in [1.54, 1.807) is 26.2 Å². The molecule has 0 atom stereocenters. The van der Waals surface area contributed by atoms with Crippen LogP contribution in [0.4, 0.5) is 0 Å². The minimum atomic E-state index is -0.224. The molecule has 1 aromatic rings. The second-order valence-corrected chi connectivity index (χ2v) is 4.78. The molecule has 0 N–H and O–H groups in total. The molecule has 0 aliphatic rings. The van der Waals surface area contributed by atoms with Crippen molar-refractivity contribution in [1.29, 1.82) is 0 Å². The number of hydrogen-bond donors (Lipinski definition) is 0. The average molecular weight is 293 g/mol. The molecule has 0 radical (unpaired) electrons. The number of carbonyl (C=O) groups is 2. The Hall–Kier alpha value is -1.88. The molecule has 21 heavy (non-hydrogen) atoms. The Bertz CT molecular complexity index is 499. The van der Waals surface area contributed by atoms with Crippen LogP contribution in [0, 0.1) is 0 Å². The Morgan fingerprint density at radius 1 is 1.24 bits per heavy atom. The Labute approximate surface area is 125 Å². The Kier molecular flexibility index (Phi) is 6.88. The number of nitrogens with zero attached hydrogens (tertiary/aromatic N) is 1. The summed E-state index contributed by atoms with van der Waals surface area (Å²) >= 11 is 0. The molecule has 5 nitrogen and oxygen atoms in total. The zero-order chi connectivity index (χ0) is 15.8. The number of rotatable bonds is 8. The third-order valence-corrected chi connectivity index (χ3v) is 3.39. The number of Topliss-reactive ketones (excluding diaryl/α,β-unsaturated/α-hetero) is 1. The molecule has 0 amide bonds. The van der Waals surface area contributed by atoms with Gasteiger partial charge in [-0.25, -0.2) is 0 Å². The highest BCUT2D eigenvalue weighted by molar-refractivity contribution is 5.94. The van der Waals surface area contributed by atoms with Gasteiger partial charge in [0, 0.05) is 24.2 Å². The number of benzene rings is 1. The second kappa shape index (κ2) is 8.42. The van der Waals surface area contributed by atoms with Crippen LogP contribution in [0.15, 0.2) is 18.2 Å². The van der Waals surface area contributed by atoms with Gasteiger partial charge in [-0.3, -0.25) is 14.5 Å². The highest BCUT2D eigenvalue weighted by atomic mass is 16.5. The number of carbonyl (C=O) groups excluding carboxylic acids is 2. The van der Waals surface area contributed by atoms with Gasteiger partial charge in [0.05, 0.1) is 20.6 Å². The Morgan fingerprint density at radius 3 is 2.48 bits per heavy atom. The van der Waals surface area contributed by atoms with Crippen molar-refractivity contribution < 1.29 is 19.1 Å². The molecular weight excluding hydrogens is 270 g/mol. The molecule has 0 saturated heterocycles. The molecular formula is C16H23NO4. The van der Waals surface area contributed by atoms with E-state index >= 15 is 0 Å². The number of esters is 1. The molecule has 0 aromatic heterocycles. The predicted octanol–water partition coefficient (Wildman–Crippen LogP) is 2.28. The van der Waals surface area contributed by atoms with Gasteiger partial charge in [0.1, 0.15) is 5.75 Å². The minimum absolute atomic E-state index is 0.0245. The second-order valence-electron chi connectivity index (χ2n) is 4.78. The highest BCUT2D eigenvalue weighted by Crippen LogP contribution is 2.22. The fourth-order valence-corrected chi connectivity index (χ4v) is 2.06. The van der Waals surface area contributed by atoms with Gasteiger partial charge in [0.25, 0.3) is 0 Å². The van der Waals surface area contributed by atoms with Crippen molar-refractivity contribution >= 4 is 11.8 Å². The number of ketones is 1. The first-order valence-corrected chi connectivity index (χ1v) is 6.98. The van der Waals surface area contributed by atoms with Crippen molar-refractivity contribution in [3.63, 3.8) is 0 Å². The first-order valence-electron chi connectivity index (χ1n) is 6.98. The molecule has 0 spiro atoms. The van der Waals surface area contributed by atoms with Crippen LogP contribution in [0.2, 0.25) is 0 Å². The van der Waals surface area contributed by atoms with E-state index in [-0.39, 0.29) is 11.8 Å². The minimum Gasteiger partial charge on any atom is -0.496 e. The van der Waals surface area contributed by atoms with Crippen LogP contribution in [-0.2, 0) is 16.1 Å². The van der Waals surface area contributed by atoms with E-state index in [9.17, 15) is 9.59 Å². The maximum absolute atomic E-state index is 11.5. The summed E-state index contributed by atoms with van der Waals surface area (Å²) in [6, 6.07) is 5.41. The summed E-state index contributed by atoms with van der Waals surface area (Å²) in [5, 5.41) is 0. The molecule has 5 heteroatoms. The van der Waals surface area contributed by atoms with Gasteiger partial charge in [0.2, 0.25) is 0 Å². The number of ether oxygens (including phenoxy) is 2. The molecule has 0 aliphatic carbocycles. The van der Waals surface area contributed by atoms with Gasteiger partial charge in [-0.2, -0.15) is 0 Å². The summed E-state index contributed by atoms with van der Waals surface area (Å²) < 4.78 is 10.00.